The number of hydrogen-bond acceptors (Lipinski definition) is 2. The average molecular weight is 194 g/mol. The lowest BCUT2D eigenvalue weighted by atomic mass is 9.95. The van der Waals surface area contributed by atoms with E-state index in [2.05, 4.69) is 0 Å². The van der Waals surface area contributed by atoms with Crippen molar-refractivity contribution in [2.24, 2.45) is 0 Å². The third kappa shape index (κ3) is 1.12. The Balaban J connectivity index is 1.94. The molecule has 14 heavy (non-hydrogen) atoms. The molecule has 0 bridgehead atoms. The molecule has 2 aliphatic heterocycles. The highest BCUT2D eigenvalue weighted by atomic mass is 19.1. The van der Waals surface area contributed by atoms with E-state index in [-0.39, 0.29) is 11.6 Å². The zero-order valence-electron chi connectivity index (χ0n) is 7.75. The van der Waals surface area contributed by atoms with Crippen molar-refractivity contribution in [1.29, 1.82) is 0 Å². The van der Waals surface area contributed by atoms with Crippen LogP contribution >= 0.6 is 0 Å². The van der Waals surface area contributed by atoms with E-state index in [0.29, 0.717) is 0 Å². The molecule has 2 aliphatic rings. The molecule has 3 rings (SSSR count). The van der Waals surface area contributed by atoms with Gasteiger partial charge in [-0.2, -0.15) is 0 Å². The number of ether oxygens (including phenoxy) is 2. The van der Waals surface area contributed by atoms with Crippen LogP contribution in [0, 0.1) is 5.82 Å². The number of rotatable bonds is 0. The average Bonchev–Trinajstić information content (AvgIpc) is 2.15. The van der Waals surface area contributed by atoms with Crippen LogP contribution in [-0.2, 0) is 11.2 Å². The second kappa shape index (κ2) is 2.70. The molecule has 0 amide bonds. The zero-order chi connectivity index (χ0) is 9.60. The summed E-state index contributed by atoms with van der Waals surface area (Å²) in [5.74, 6) is 0.195. The van der Waals surface area contributed by atoms with Gasteiger partial charge >= 0.3 is 0 Å². The predicted octanol–water partition coefficient (Wildman–Crippen LogP) is 2.27. The summed E-state index contributed by atoms with van der Waals surface area (Å²) in [7, 11) is 0. The number of hydrogen-bond donors (Lipinski definition) is 0. The molecule has 74 valence electrons. The second-order valence-electron chi connectivity index (χ2n) is 3.86. The molecule has 0 N–H and O–H groups in total. The Kier molecular flexibility index (Phi) is 1.59. The molecule has 1 aromatic rings. The molecule has 0 radical (unpaired) electrons. The molecular weight excluding hydrogens is 183 g/mol. The Labute approximate surface area is 81.6 Å². The van der Waals surface area contributed by atoms with Gasteiger partial charge in [-0.25, -0.2) is 4.39 Å². The van der Waals surface area contributed by atoms with Crippen LogP contribution < -0.4 is 4.74 Å². The summed E-state index contributed by atoms with van der Waals surface area (Å²) in [4.78, 5) is 0. The Morgan fingerprint density at radius 2 is 2.14 bits per heavy atom. The van der Waals surface area contributed by atoms with Crippen LogP contribution in [-0.4, -0.2) is 12.4 Å². The first kappa shape index (κ1) is 8.24. The highest BCUT2D eigenvalue weighted by Crippen LogP contribution is 2.40. The molecule has 2 heterocycles. The molecule has 0 unspecified atom stereocenters. The molecule has 1 spiro atoms. The molecule has 1 atom stereocenters. The van der Waals surface area contributed by atoms with Gasteiger partial charge in [-0.3, -0.25) is 0 Å². The van der Waals surface area contributed by atoms with Gasteiger partial charge in [0.25, 0.3) is 0 Å². The summed E-state index contributed by atoms with van der Waals surface area (Å²) in [6.07, 6.45) is 2.63. The summed E-state index contributed by atoms with van der Waals surface area (Å²) in [6, 6.07) is 4.66. The third-order valence-corrected chi connectivity index (χ3v) is 2.94. The highest BCUT2D eigenvalue weighted by molar-refractivity contribution is 5.36. The summed E-state index contributed by atoms with van der Waals surface area (Å²) in [5, 5.41) is 0. The number of benzene rings is 1. The predicted molar refractivity (Wildman–Crippen MR) is 48.6 cm³/mol. The van der Waals surface area contributed by atoms with Gasteiger partial charge in [0.15, 0.2) is 0 Å². The largest absolute Gasteiger partial charge is 0.462 e. The Hall–Kier alpha value is -1.09. The van der Waals surface area contributed by atoms with Crippen LogP contribution in [0.1, 0.15) is 18.4 Å². The van der Waals surface area contributed by atoms with Crippen molar-refractivity contribution in [1.82, 2.24) is 0 Å². The van der Waals surface area contributed by atoms with Gasteiger partial charge in [0.05, 0.1) is 6.61 Å². The first-order chi connectivity index (χ1) is 6.77. The Bertz CT molecular complexity index is 372. The van der Waals surface area contributed by atoms with Crippen LogP contribution in [0.25, 0.3) is 0 Å². The van der Waals surface area contributed by atoms with Crippen molar-refractivity contribution < 1.29 is 13.9 Å². The summed E-state index contributed by atoms with van der Waals surface area (Å²) >= 11 is 0. The van der Waals surface area contributed by atoms with Crippen molar-refractivity contribution in [3.63, 3.8) is 0 Å². The molecular formula is C11H11FO2. The Morgan fingerprint density at radius 3 is 2.86 bits per heavy atom. The normalized spacial score (nSPS) is 29.2. The molecule has 3 heteroatoms. The third-order valence-electron chi connectivity index (χ3n) is 2.94. The number of fused-ring (bicyclic) bond motifs is 1. The SMILES string of the molecule is Fc1ccc2c(c1)CC[C@]1(CCO1)O2. The summed E-state index contributed by atoms with van der Waals surface area (Å²) in [5.41, 5.74) is 0.950. The van der Waals surface area contributed by atoms with Gasteiger partial charge in [-0.1, -0.05) is 0 Å². The molecule has 0 saturated carbocycles. The quantitative estimate of drug-likeness (QED) is 0.630. The van der Waals surface area contributed by atoms with E-state index >= 15 is 0 Å². The summed E-state index contributed by atoms with van der Waals surface area (Å²) < 4.78 is 24.0. The van der Waals surface area contributed by atoms with E-state index in [0.717, 1.165) is 37.2 Å². The van der Waals surface area contributed by atoms with E-state index in [1.54, 1.807) is 12.1 Å². The van der Waals surface area contributed by atoms with Crippen LogP contribution in [0.3, 0.4) is 0 Å². The van der Waals surface area contributed by atoms with Gasteiger partial charge in [0, 0.05) is 12.8 Å². The van der Waals surface area contributed by atoms with Gasteiger partial charge in [-0.05, 0) is 30.2 Å². The first-order valence-corrected chi connectivity index (χ1v) is 4.89. The fourth-order valence-corrected chi connectivity index (χ4v) is 2.03. The first-order valence-electron chi connectivity index (χ1n) is 4.89. The number of halogens is 1. The molecule has 2 nitrogen and oxygen atoms in total. The van der Waals surface area contributed by atoms with E-state index in [1.807, 2.05) is 0 Å². The monoisotopic (exact) mass is 194 g/mol. The molecule has 1 saturated heterocycles. The number of aryl methyl sites for hydroxylation is 1. The molecule has 1 fully saturated rings. The molecule has 1 aromatic carbocycles. The molecule has 0 aliphatic carbocycles. The summed E-state index contributed by atoms with van der Waals surface area (Å²) in [6.45, 7) is 0.774. The van der Waals surface area contributed by atoms with Crippen molar-refractivity contribution in [2.75, 3.05) is 6.61 Å². The standard InChI is InChI=1S/C11H11FO2/c12-9-1-2-10-8(7-9)3-4-11(14-10)5-6-13-11/h1-2,7H,3-6H2/t11-/m1/s1. The Morgan fingerprint density at radius 1 is 1.29 bits per heavy atom. The van der Waals surface area contributed by atoms with E-state index in [4.69, 9.17) is 9.47 Å². The smallest absolute Gasteiger partial charge is 0.213 e. The van der Waals surface area contributed by atoms with Crippen molar-refractivity contribution in [3.05, 3.63) is 29.6 Å². The van der Waals surface area contributed by atoms with Gasteiger partial charge in [-0.15, -0.1) is 0 Å². The van der Waals surface area contributed by atoms with Crippen molar-refractivity contribution in [2.45, 2.75) is 25.0 Å². The highest BCUT2D eigenvalue weighted by Gasteiger charge is 2.43. The topological polar surface area (TPSA) is 18.5 Å². The minimum absolute atomic E-state index is 0.196. The van der Waals surface area contributed by atoms with Gasteiger partial charge < -0.3 is 9.47 Å². The lowest BCUT2D eigenvalue weighted by molar-refractivity contribution is -0.271. The van der Waals surface area contributed by atoms with Crippen LogP contribution in [0.4, 0.5) is 4.39 Å². The maximum atomic E-state index is 12.9. The zero-order valence-corrected chi connectivity index (χ0v) is 7.75. The lowest BCUT2D eigenvalue weighted by Gasteiger charge is -2.44. The van der Waals surface area contributed by atoms with Crippen molar-refractivity contribution in [3.8, 4) is 5.75 Å². The van der Waals surface area contributed by atoms with Crippen LogP contribution in [0.15, 0.2) is 18.2 Å². The van der Waals surface area contributed by atoms with Gasteiger partial charge in [0.2, 0.25) is 5.79 Å². The minimum Gasteiger partial charge on any atom is -0.462 e. The van der Waals surface area contributed by atoms with Crippen LogP contribution in [0.2, 0.25) is 0 Å². The van der Waals surface area contributed by atoms with Crippen molar-refractivity contribution >= 4 is 0 Å². The fourth-order valence-electron chi connectivity index (χ4n) is 2.03. The minimum atomic E-state index is -0.384. The van der Waals surface area contributed by atoms with E-state index < -0.39 is 0 Å². The maximum Gasteiger partial charge on any atom is 0.213 e. The second-order valence-corrected chi connectivity index (χ2v) is 3.86. The van der Waals surface area contributed by atoms with Crippen LogP contribution in [0.5, 0.6) is 5.75 Å². The lowest BCUT2D eigenvalue weighted by Crippen LogP contribution is -2.51. The maximum absolute atomic E-state index is 12.9. The van der Waals surface area contributed by atoms with Gasteiger partial charge in [0.1, 0.15) is 11.6 Å². The van der Waals surface area contributed by atoms with E-state index in [9.17, 15) is 4.39 Å². The van der Waals surface area contributed by atoms with E-state index in [1.165, 1.54) is 6.07 Å². The molecule has 0 aromatic heterocycles. The fraction of sp³-hybridized carbons (Fsp3) is 0.455.